The molecular formula is C22H30O5. The van der Waals surface area contributed by atoms with Crippen LogP contribution in [0, 0.1) is 34.5 Å². The number of aliphatic hydroxyl groups excluding tert-OH is 2. The Balaban J connectivity index is 1.78. The Morgan fingerprint density at radius 3 is 2.70 bits per heavy atom. The van der Waals surface area contributed by atoms with Crippen molar-refractivity contribution in [2.45, 2.75) is 58.2 Å². The molecule has 5 nitrogen and oxygen atoms in total. The molecule has 0 spiro atoms. The molecule has 0 heterocycles. The van der Waals surface area contributed by atoms with Crippen LogP contribution in [0.2, 0.25) is 0 Å². The first-order valence-corrected chi connectivity index (χ1v) is 10.1. The minimum absolute atomic E-state index is 0.00784. The summed E-state index contributed by atoms with van der Waals surface area (Å²) in [4.78, 5) is 24.4. The summed E-state index contributed by atoms with van der Waals surface area (Å²) < 4.78 is 0. The fourth-order valence-electron chi connectivity index (χ4n) is 7.37. The summed E-state index contributed by atoms with van der Waals surface area (Å²) in [6.45, 7) is 5.23. The van der Waals surface area contributed by atoms with Crippen LogP contribution in [0.15, 0.2) is 23.8 Å². The number of carbonyl (C=O) groups excluding carboxylic acids is 2. The van der Waals surface area contributed by atoms with Gasteiger partial charge in [-0.1, -0.05) is 32.4 Å². The predicted molar refractivity (Wildman–Crippen MR) is 99.6 cm³/mol. The first kappa shape index (κ1) is 19.0. The van der Waals surface area contributed by atoms with Gasteiger partial charge in [0.25, 0.3) is 0 Å². The molecule has 3 fully saturated rings. The summed E-state index contributed by atoms with van der Waals surface area (Å²) in [5, 5.41) is 32.1. The molecule has 4 aliphatic rings. The number of hydrogen-bond donors (Lipinski definition) is 3. The maximum Gasteiger partial charge on any atom is 0.190 e. The van der Waals surface area contributed by atoms with Gasteiger partial charge in [-0.25, -0.2) is 0 Å². The van der Waals surface area contributed by atoms with Gasteiger partial charge in [0.1, 0.15) is 12.2 Å². The third-order valence-electron chi connectivity index (χ3n) is 8.65. The smallest absolute Gasteiger partial charge is 0.190 e. The van der Waals surface area contributed by atoms with Crippen LogP contribution in [-0.2, 0) is 9.59 Å². The van der Waals surface area contributed by atoms with Crippen molar-refractivity contribution in [1.82, 2.24) is 0 Å². The van der Waals surface area contributed by atoms with Crippen LogP contribution in [0.5, 0.6) is 0 Å². The molecule has 0 aromatic rings. The molecule has 3 N–H and O–H groups in total. The lowest BCUT2D eigenvalue weighted by atomic mass is 9.46. The van der Waals surface area contributed by atoms with E-state index in [9.17, 15) is 24.9 Å². The molecule has 0 aliphatic heterocycles. The third-order valence-corrected chi connectivity index (χ3v) is 8.65. The number of carbonyl (C=O) groups is 2. The fraction of sp³-hybridized carbons (Fsp3) is 0.727. The highest BCUT2D eigenvalue weighted by Gasteiger charge is 2.70. The van der Waals surface area contributed by atoms with E-state index in [1.807, 2.05) is 19.9 Å². The Labute approximate surface area is 160 Å². The average Bonchev–Trinajstić information content (AvgIpc) is 2.82. The lowest BCUT2D eigenvalue weighted by Gasteiger charge is -2.59. The van der Waals surface area contributed by atoms with E-state index in [1.54, 1.807) is 12.2 Å². The fourth-order valence-corrected chi connectivity index (χ4v) is 7.37. The number of hydrogen-bond acceptors (Lipinski definition) is 5. The standard InChI is InChI=1S/C22H30O5/c1-12-8-16-15-5-4-13-9-14(24)6-7-20(13,2)19(15)17(25)10-21(16,3)22(12,27)18(26)11-23/h6-7,9,12,15-17,19,23,25,27H,4-5,8,10-11H2,1-3H3/t12-,15-,16-,17-,19+,20-,21-,22-/m0/s1. The predicted octanol–water partition coefficient (Wildman–Crippen LogP) is 1.80. The Morgan fingerprint density at radius 1 is 1.33 bits per heavy atom. The van der Waals surface area contributed by atoms with Crippen molar-refractivity contribution in [3.8, 4) is 0 Å². The Hall–Kier alpha value is -1.30. The number of ketones is 2. The highest BCUT2D eigenvalue weighted by atomic mass is 16.3. The van der Waals surface area contributed by atoms with E-state index >= 15 is 0 Å². The molecule has 27 heavy (non-hydrogen) atoms. The zero-order chi connectivity index (χ0) is 19.8. The van der Waals surface area contributed by atoms with Gasteiger partial charge in [-0.3, -0.25) is 9.59 Å². The normalized spacial score (nSPS) is 51.3. The lowest BCUT2D eigenvalue weighted by Crippen LogP contribution is -2.62. The van der Waals surface area contributed by atoms with Crippen LogP contribution in [-0.4, -0.2) is 45.2 Å². The summed E-state index contributed by atoms with van der Waals surface area (Å²) in [6.07, 6.45) is 7.30. The van der Waals surface area contributed by atoms with Crippen molar-refractivity contribution in [2.24, 2.45) is 34.5 Å². The van der Waals surface area contributed by atoms with E-state index in [1.165, 1.54) is 0 Å². The van der Waals surface area contributed by atoms with Crippen LogP contribution < -0.4 is 0 Å². The van der Waals surface area contributed by atoms with Gasteiger partial charge < -0.3 is 15.3 Å². The van der Waals surface area contributed by atoms with Crippen LogP contribution in [0.3, 0.4) is 0 Å². The SMILES string of the molecule is C[C@H]1C[C@H]2[C@@H]3CCC4=CC(=O)C=C[C@]4(C)[C@H]3[C@@H](O)C[C@]2(C)[C@@]1(O)C(=O)CO. The second-order valence-corrected chi connectivity index (χ2v) is 9.70. The minimum atomic E-state index is -1.60. The molecular weight excluding hydrogens is 344 g/mol. The van der Waals surface area contributed by atoms with Gasteiger partial charge in [-0.05, 0) is 55.6 Å². The van der Waals surface area contributed by atoms with E-state index < -0.39 is 29.5 Å². The first-order valence-electron chi connectivity index (χ1n) is 10.1. The first-order chi connectivity index (χ1) is 12.6. The Kier molecular flexibility index (Phi) is 4.12. The van der Waals surface area contributed by atoms with E-state index in [0.717, 1.165) is 18.4 Å². The van der Waals surface area contributed by atoms with E-state index in [4.69, 9.17) is 0 Å². The number of Topliss-reactive ketones (excluding diaryl/α,β-unsaturated/α-hetero) is 1. The monoisotopic (exact) mass is 374 g/mol. The van der Waals surface area contributed by atoms with Gasteiger partial charge in [0.05, 0.1) is 6.10 Å². The molecule has 0 bridgehead atoms. The molecule has 4 aliphatic carbocycles. The maximum absolute atomic E-state index is 12.6. The topological polar surface area (TPSA) is 94.8 Å². The summed E-state index contributed by atoms with van der Waals surface area (Å²) >= 11 is 0. The maximum atomic E-state index is 12.6. The highest BCUT2D eigenvalue weighted by Crippen LogP contribution is 2.68. The Bertz CT molecular complexity index is 754. The number of fused-ring (bicyclic) bond motifs is 5. The lowest BCUT2D eigenvalue weighted by molar-refractivity contribution is -0.183. The second kappa shape index (κ2) is 5.85. The van der Waals surface area contributed by atoms with Gasteiger partial charge in [0, 0.05) is 16.7 Å². The van der Waals surface area contributed by atoms with Crippen LogP contribution in [0.1, 0.15) is 46.5 Å². The van der Waals surface area contributed by atoms with Crippen LogP contribution in [0.4, 0.5) is 0 Å². The van der Waals surface area contributed by atoms with E-state index in [0.29, 0.717) is 12.8 Å². The number of rotatable bonds is 2. The summed E-state index contributed by atoms with van der Waals surface area (Å²) in [5.74, 6) is -0.539. The summed E-state index contributed by atoms with van der Waals surface area (Å²) in [5.41, 5.74) is -1.62. The molecule has 8 atom stereocenters. The zero-order valence-electron chi connectivity index (χ0n) is 16.3. The molecule has 5 heteroatoms. The van der Waals surface area contributed by atoms with Crippen molar-refractivity contribution in [3.05, 3.63) is 23.8 Å². The Morgan fingerprint density at radius 2 is 2.04 bits per heavy atom. The largest absolute Gasteiger partial charge is 0.393 e. The highest BCUT2D eigenvalue weighted by molar-refractivity contribution is 6.01. The van der Waals surface area contributed by atoms with Crippen molar-refractivity contribution < 1.29 is 24.9 Å². The van der Waals surface area contributed by atoms with Crippen molar-refractivity contribution in [1.29, 1.82) is 0 Å². The summed E-state index contributed by atoms with van der Waals surface area (Å²) in [6, 6.07) is 0. The number of aliphatic hydroxyl groups is 3. The molecule has 148 valence electrons. The molecule has 0 aromatic heterocycles. The van der Waals surface area contributed by atoms with E-state index in [2.05, 4.69) is 6.92 Å². The average molecular weight is 374 g/mol. The zero-order valence-corrected chi connectivity index (χ0v) is 16.3. The second-order valence-electron chi connectivity index (χ2n) is 9.70. The molecule has 0 saturated heterocycles. The van der Waals surface area contributed by atoms with Crippen LogP contribution in [0.25, 0.3) is 0 Å². The van der Waals surface area contributed by atoms with Crippen molar-refractivity contribution in [2.75, 3.05) is 6.61 Å². The molecule has 0 radical (unpaired) electrons. The summed E-state index contributed by atoms with van der Waals surface area (Å²) in [7, 11) is 0. The van der Waals surface area contributed by atoms with Gasteiger partial charge in [0.2, 0.25) is 0 Å². The number of allylic oxidation sites excluding steroid dienone is 4. The molecule has 0 amide bonds. The molecule has 3 saturated carbocycles. The van der Waals surface area contributed by atoms with Crippen molar-refractivity contribution >= 4 is 11.6 Å². The molecule has 0 aromatic carbocycles. The van der Waals surface area contributed by atoms with Gasteiger partial charge in [-0.2, -0.15) is 0 Å². The van der Waals surface area contributed by atoms with Crippen LogP contribution >= 0.6 is 0 Å². The molecule has 4 rings (SSSR count). The van der Waals surface area contributed by atoms with Gasteiger partial charge in [0.15, 0.2) is 11.6 Å². The molecule has 0 unspecified atom stereocenters. The minimum Gasteiger partial charge on any atom is -0.393 e. The third kappa shape index (κ3) is 2.22. The van der Waals surface area contributed by atoms with E-state index in [-0.39, 0.29) is 34.9 Å². The quantitative estimate of drug-likeness (QED) is 0.685. The van der Waals surface area contributed by atoms with Gasteiger partial charge in [-0.15, -0.1) is 0 Å². The van der Waals surface area contributed by atoms with Gasteiger partial charge >= 0.3 is 0 Å². The van der Waals surface area contributed by atoms with Crippen molar-refractivity contribution in [3.63, 3.8) is 0 Å².